The van der Waals surface area contributed by atoms with Gasteiger partial charge in [0.25, 0.3) is 0 Å². The van der Waals surface area contributed by atoms with Crippen molar-refractivity contribution in [1.82, 2.24) is 14.8 Å². The molecule has 0 bridgehead atoms. The molecule has 0 aromatic carbocycles. The van der Waals surface area contributed by atoms with E-state index in [1.165, 1.54) is 4.68 Å². The Morgan fingerprint density at radius 2 is 1.85 bits per heavy atom. The zero-order chi connectivity index (χ0) is 15.1. The minimum atomic E-state index is -0.428. The summed E-state index contributed by atoms with van der Waals surface area (Å²) in [6, 6.07) is 0. The van der Waals surface area contributed by atoms with Crippen LogP contribution in [0.3, 0.4) is 0 Å². The molecule has 20 heavy (non-hydrogen) atoms. The quantitative estimate of drug-likeness (QED) is 0.854. The summed E-state index contributed by atoms with van der Waals surface area (Å²) in [4.78, 5) is 16.4. The van der Waals surface area contributed by atoms with Crippen LogP contribution < -0.4 is 5.76 Å². The van der Waals surface area contributed by atoms with Crippen molar-refractivity contribution >= 4 is 11.3 Å². The summed E-state index contributed by atoms with van der Waals surface area (Å²) in [5, 5.41) is 7.15. The molecule has 0 saturated carbocycles. The predicted octanol–water partition coefficient (Wildman–Crippen LogP) is 2.94. The molecule has 2 aromatic rings. The maximum Gasteiger partial charge on any atom is 0.437 e. The molecule has 0 saturated heterocycles. The standard InChI is InChI=1S/C14H21N3O2S/c1-13(2,3)9-8-20-10(15-9)7-17-12(18)19-11(16-17)14(4,5)6/h8H,7H2,1-6H3. The second kappa shape index (κ2) is 4.84. The smallest absolute Gasteiger partial charge is 0.392 e. The van der Waals surface area contributed by atoms with E-state index in [-0.39, 0.29) is 10.8 Å². The van der Waals surface area contributed by atoms with Crippen LogP contribution in [0.2, 0.25) is 0 Å². The van der Waals surface area contributed by atoms with Gasteiger partial charge in [-0.3, -0.25) is 0 Å². The molecule has 0 atom stereocenters. The molecule has 0 N–H and O–H groups in total. The Bertz CT molecular complexity index is 653. The van der Waals surface area contributed by atoms with Gasteiger partial charge in [0.05, 0.1) is 5.69 Å². The Balaban J connectivity index is 2.25. The monoisotopic (exact) mass is 295 g/mol. The van der Waals surface area contributed by atoms with Gasteiger partial charge in [-0.1, -0.05) is 41.5 Å². The van der Waals surface area contributed by atoms with Crippen LogP contribution in [-0.2, 0) is 17.4 Å². The molecule has 0 fully saturated rings. The van der Waals surface area contributed by atoms with Crippen molar-refractivity contribution in [3.05, 3.63) is 32.5 Å². The second-order valence-electron chi connectivity index (χ2n) is 6.96. The lowest BCUT2D eigenvalue weighted by molar-refractivity contribution is 0.374. The van der Waals surface area contributed by atoms with Gasteiger partial charge in [-0.2, -0.15) is 4.68 Å². The van der Waals surface area contributed by atoms with Crippen LogP contribution in [0.25, 0.3) is 0 Å². The van der Waals surface area contributed by atoms with Crippen molar-refractivity contribution in [2.45, 2.75) is 58.9 Å². The van der Waals surface area contributed by atoms with Gasteiger partial charge in [0.1, 0.15) is 11.6 Å². The molecule has 5 nitrogen and oxygen atoms in total. The lowest BCUT2D eigenvalue weighted by atomic mass is 9.93. The lowest BCUT2D eigenvalue weighted by Crippen LogP contribution is -2.17. The summed E-state index contributed by atoms with van der Waals surface area (Å²) in [6.45, 7) is 12.6. The molecule has 0 radical (unpaired) electrons. The van der Waals surface area contributed by atoms with Gasteiger partial charge in [0, 0.05) is 16.2 Å². The first-order valence-corrected chi connectivity index (χ1v) is 7.48. The van der Waals surface area contributed by atoms with Gasteiger partial charge >= 0.3 is 5.76 Å². The number of rotatable bonds is 2. The summed E-state index contributed by atoms with van der Waals surface area (Å²) in [7, 11) is 0. The fourth-order valence-electron chi connectivity index (χ4n) is 1.57. The molecule has 0 unspecified atom stereocenters. The van der Waals surface area contributed by atoms with E-state index in [1.807, 2.05) is 26.2 Å². The molecular weight excluding hydrogens is 274 g/mol. The number of aromatic nitrogens is 3. The largest absolute Gasteiger partial charge is 0.437 e. The summed E-state index contributed by atoms with van der Waals surface area (Å²) >= 11 is 1.54. The Kier molecular flexibility index (Phi) is 3.62. The van der Waals surface area contributed by atoms with E-state index >= 15 is 0 Å². The zero-order valence-electron chi connectivity index (χ0n) is 12.9. The van der Waals surface area contributed by atoms with E-state index in [0.717, 1.165) is 10.7 Å². The van der Waals surface area contributed by atoms with Gasteiger partial charge < -0.3 is 4.42 Å². The first kappa shape index (κ1) is 15.0. The summed E-state index contributed by atoms with van der Waals surface area (Å²) in [5.41, 5.74) is 0.773. The summed E-state index contributed by atoms with van der Waals surface area (Å²) in [5.74, 6) is 0.0255. The van der Waals surface area contributed by atoms with Crippen LogP contribution in [0.4, 0.5) is 0 Å². The van der Waals surface area contributed by atoms with Crippen molar-refractivity contribution < 1.29 is 4.42 Å². The molecule has 6 heteroatoms. The highest BCUT2D eigenvalue weighted by Gasteiger charge is 2.23. The third kappa shape index (κ3) is 3.17. The third-order valence-electron chi connectivity index (χ3n) is 2.85. The van der Waals surface area contributed by atoms with Gasteiger partial charge in [0.15, 0.2) is 0 Å². The maximum absolute atomic E-state index is 11.8. The minimum Gasteiger partial charge on any atom is -0.392 e. The molecular formula is C14H21N3O2S. The summed E-state index contributed by atoms with van der Waals surface area (Å²) < 4.78 is 6.54. The first-order chi connectivity index (χ1) is 9.07. The minimum absolute atomic E-state index is 0.0140. The third-order valence-corrected chi connectivity index (χ3v) is 3.69. The van der Waals surface area contributed by atoms with Crippen LogP contribution >= 0.6 is 11.3 Å². The molecule has 110 valence electrons. The van der Waals surface area contributed by atoms with E-state index in [0.29, 0.717) is 12.4 Å². The average molecular weight is 295 g/mol. The molecule has 0 aliphatic carbocycles. The van der Waals surface area contributed by atoms with Gasteiger partial charge in [-0.25, -0.2) is 9.78 Å². The van der Waals surface area contributed by atoms with Crippen molar-refractivity contribution in [3.63, 3.8) is 0 Å². The van der Waals surface area contributed by atoms with Crippen molar-refractivity contribution in [1.29, 1.82) is 0 Å². The van der Waals surface area contributed by atoms with Crippen LogP contribution in [-0.4, -0.2) is 14.8 Å². The summed E-state index contributed by atoms with van der Waals surface area (Å²) in [6.07, 6.45) is 0. The van der Waals surface area contributed by atoms with Crippen LogP contribution in [0.1, 0.15) is 58.1 Å². The SMILES string of the molecule is CC(C)(C)c1csc(Cn2nc(C(C)(C)C)oc2=O)n1. The van der Waals surface area contributed by atoms with E-state index < -0.39 is 5.76 Å². The number of hydrogen-bond acceptors (Lipinski definition) is 5. The Labute approximate surface area is 122 Å². The van der Waals surface area contributed by atoms with Gasteiger partial charge in [-0.15, -0.1) is 16.4 Å². The number of hydrogen-bond donors (Lipinski definition) is 0. The van der Waals surface area contributed by atoms with Crippen LogP contribution in [0, 0.1) is 0 Å². The Morgan fingerprint density at radius 3 is 2.30 bits per heavy atom. The molecule has 0 amide bonds. The van der Waals surface area contributed by atoms with Gasteiger partial charge in [-0.05, 0) is 0 Å². The van der Waals surface area contributed by atoms with Crippen LogP contribution in [0.15, 0.2) is 14.6 Å². The molecule has 2 heterocycles. The van der Waals surface area contributed by atoms with E-state index in [1.54, 1.807) is 11.3 Å². The lowest BCUT2D eigenvalue weighted by Gasteiger charge is -2.14. The molecule has 0 spiro atoms. The number of nitrogens with zero attached hydrogens (tertiary/aromatic N) is 3. The molecule has 0 aliphatic rings. The van der Waals surface area contributed by atoms with E-state index in [9.17, 15) is 4.79 Å². The normalized spacial score (nSPS) is 12.9. The van der Waals surface area contributed by atoms with Gasteiger partial charge in [0.2, 0.25) is 5.89 Å². The Hall–Kier alpha value is -1.43. The van der Waals surface area contributed by atoms with Crippen molar-refractivity contribution in [3.8, 4) is 0 Å². The highest BCUT2D eigenvalue weighted by atomic mass is 32.1. The first-order valence-electron chi connectivity index (χ1n) is 6.61. The maximum atomic E-state index is 11.8. The average Bonchev–Trinajstić information content (AvgIpc) is 2.85. The Morgan fingerprint density at radius 1 is 1.20 bits per heavy atom. The molecule has 2 rings (SSSR count). The second-order valence-corrected chi connectivity index (χ2v) is 7.90. The molecule has 0 aliphatic heterocycles. The topological polar surface area (TPSA) is 60.9 Å². The van der Waals surface area contributed by atoms with Crippen molar-refractivity contribution in [2.75, 3.05) is 0 Å². The fraction of sp³-hybridized carbons (Fsp3) is 0.643. The van der Waals surface area contributed by atoms with E-state index in [2.05, 4.69) is 30.9 Å². The van der Waals surface area contributed by atoms with E-state index in [4.69, 9.17) is 4.42 Å². The zero-order valence-corrected chi connectivity index (χ0v) is 13.7. The number of thiazole rings is 1. The highest BCUT2D eigenvalue weighted by Crippen LogP contribution is 2.24. The van der Waals surface area contributed by atoms with Crippen LogP contribution in [0.5, 0.6) is 0 Å². The van der Waals surface area contributed by atoms with Crippen molar-refractivity contribution in [2.24, 2.45) is 0 Å². The fourth-order valence-corrected chi connectivity index (χ4v) is 2.57. The predicted molar refractivity (Wildman–Crippen MR) is 79.4 cm³/mol. The molecule has 2 aromatic heterocycles. The highest BCUT2D eigenvalue weighted by molar-refractivity contribution is 7.09.